The lowest BCUT2D eigenvalue weighted by molar-refractivity contribution is 0.260. The van der Waals surface area contributed by atoms with Crippen LogP contribution in [0.1, 0.15) is 49.3 Å². The largest absolute Gasteiger partial charge is 0.314 e. The number of likely N-dealkylation sites (N-methyl/N-ethyl adjacent to an activating group) is 1. The summed E-state index contributed by atoms with van der Waals surface area (Å²) >= 11 is 0. The van der Waals surface area contributed by atoms with Crippen LogP contribution < -0.4 is 5.32 Å². The maximum absolute atomic E-state index is 3.68. The smallest absolute Gasteiger partial charge is 0.0110 e. The number of hydrogen-bond acceptors (Lipinski definition) is 1. The predicted octanol–water partition coefficient (Wildman–Crippen LogP) is 4.01. The summed E-state index contributed by atoms with van der Waals surface area (Å²) < 4.78 is 0. The van der Waals surface area contributed by atoms with Gasteiger partial charge in [0.2, 0.25) is 0 Å². The molecule has 0 radical (unpaired) electrons. The van der Waals surface area contributed by atoms with Crippen molar-refractivity contribution in [2.75, 3.05) is 6.54 Å². The van der Waals surface area contributed by atoms with Crippen LogP contribution in [-0.2, 0) is 6.42 Å². The van der Waals surface area contributed by atoms with Crippen molar-refractivity contribution in [3.8, 4) is 0 Å². The van der Waals surface area contributed by atoms with E-state index < -0.39 is 0 Å². The van der Waals surface area contributed by atoms with Crippen molar-refractivity contribution >= 4 is 0 Å². The van der Waals surface area contributed by atoms with Crippen LogP contribution in [0.4, 0.5) is 0 Å². The van der Waals surface area contributed by atoms with Crippen molar-refractivity contribution < 1.29 is 0 Å². The molecule has 0 aliphatic heterocycles. The van der Waals surface area contributed by atoms with E-state index in [1.165, 1.54) is 43.2 Å². The van der Waals surface area contributed by atoms with Crippen LogP contribution in [0.25, 0.3) is 0 Å². The van der Waals surface area contributed by atoms with Gasteiger partial charge in [-0.1, -0.05) is 44.4 Å². The van der Waals surface area contributed by atoms with E-state index in [0.29, 0.717) is 6.04 Å². The van der Waals surface area contributed by atoms with Crippen molar-refractivity contribution in [1.82, 2.24) is 5.32 Å². The van der Waals surface area contributed by atoms with Gasteiger partial charge in [0.1, 0.15) is 0 Å². The zero-order valence-corrected chi connectivity index (χ0v) is 12.1. The average Bonchev–Trinajstić information content (AvgIpc) is 2.28. The Bertz CT molecular complexity index is 359. The Hall–Kier alpha value is -0.820. The highest BCUT2D eigenvalue weighted by Gasteiger charge is 2.22. The highest BCUT2D eigenvalue weighted by atomic mass is 14.9. The Labute approximate surface area is 112 Å². The van der Waals surface area contributed by atoms with Gasteiger partial charge >= 0.3 is 0 Å². The summed E-state index contributed by atoms with van der Waals surface area (Å²) in [5.41, 5.74) is 4.46. The molecule has 0 aromatic heterocycles. The normalized spacial score (nSPS) is 17.5. The molecule has 0 bridgehead atoms. The fourth-order valence-corrected chi connectivity index (χ4v) is 3.08. The number of rotatable bonds is 6. The van der Waals surface area contributed by atoms with E-state index in [0.717, 1.165) is 12.5 Å². The zero-order chi connectivity index (χ0) is 13.0. The first-order valence-corrected chi connectivity index (χ1v) is 7.49. The first kappa shape index (κ1) is 13.6. The topological polar surface area (TPSA) is 12.0 Å². The SMILES string of the molecule is CCNC(Cc1c(C)cccc1C)CC1CCC1. The number of aryl methyl sites for hydroxylation is 2. The minimum Gasteiger partial charge on any atom is -0.314 e. The number of benzene rings is 1. The molecule has 1 aliphatic rings. The lowest BCUT2D eigenvalue weighted by Crippen LogP contribution is -2.34. The Morgan fingerprint density at radius 3 is 2.39 bits per heavy atom. The van der Waals surface area contributed by atoms with Gasteiger partial charge in [0.15, 0.2) is 0 Å². The molecule has 2 rings (SSSR count). The first-order chi connectivity index (χ1) is 8.70. The van der Waals surface area contributed by atoms with E-state index in [-0.39, 0.29) is 0 Å². The molecule has 1 nitrogen and oxygen atoms in total. The second-order valence-corrected chi connectivity index (χ2v) is 5.86. The van der Waals surface area contributed by atoms with E-state index in [9.17, 15) is 0 Å². The third-order valence-corrected chi connectivity index (χ3v) is 4.43. The molecule has 0 spiro atoms. The van der Waals surface area contributed by atoms with Crippen LogP contribution in [0.3, 0.4) is 0 Å². The lowest BCUT2D eigenvalue weighted by Gasteiger charge is -2.30. The highest BCUT2D eigenvalue weighted by molar-refractivity contribution is 5.34. The van der Waals surface area contributed by atoms with Crippen molar-refractivity contribution in [3.05, 3.63) is 34.9 Å². The summed E-state index contributed by atoms with van der Waals surface area (Å²) in [6, 6.07) is 7.33. The Morgan fingerprint density at radius 1 is 1.22 bits per heavy atom. The molecule has 100 valence electrons. The predicted molar refractivity (Wildman–Crippen MR) is 79.0 cm³/mol. The molecule has 1 N–H and O–H groups in total. The molecule has 1 unspecified atom stereocenters. The molecule has 1 aromatic carbocycles. The fraction of sp³-hybridized carbons (Fsp3) is 0.647. The summed E-state index contributed by atoms with van der Waals surface area (Å²) in [6.45, 7) is 7.80. The van der Waals surface area contributed by atoms with E-state index in [1.54, 1.807) is 5.56 Å². The van der Waals surface area contributed by atoms with Crippen molar-refractivity contribution in [1.29, 1.82) is 0 Å². The summed E-state index contributed by atoms with van der Waals surface area (Å²) in [5, 5.41) is 3.68. The number of nitrogens with one attached hydrogen (secondary N) is 1. The monoisotopic (exact) mass is 245 g/mol. The van der Waals surface area contributed by atoms with Crippen LogP contribution in [0.5, 0.6) is 0 Å². The summed E-state index contributed by atoms with van der Waals surface area (Å²) in [7, 11) is 0. The van der Waals surface area contributed by atoms with Gasteiger partial charge in [0, 0.05) is 6.04 Å². The van der Waals surface area contributed by atoms with Crippen LogP contribution >= 0.6 is 0 Å². The second kappa shape index (κ2) is 6.38. The molecule has 0 saturated heterocycles. The van der Waals surface area contributed by atoms with Crippen molar-refractivity contribution in [2.45, 2.75) is 58.9 Å². The van der Waals surface area contributed by atoms with E-state index in [1.807, 2.05) is 0 Å². The molecule has 1 aromatic rings. The lowest BCUT2D eigenvalue weighted by atomic mass is 9.79. The molecule has 0 heterocycles. The maximum Gasteiger partial charge on any atom is 0.0110 e. The third-order valence-electron chi connectivity index (χ3n) is 4.43. The minimum atomic E-state index is 0.667. The van der Waals surface area contributed by atoms with Crippen LogP contribution in [0, 0.1) is 19.8 Å². The zero-order valence-electron chi connectivity index (χ0n) is 12.1. The fourth-order valence-electron chi connectivity index (χ4n) is 3.08. The highest BCUT2D eigenvalue weighted by Crippen LogP contribution is 2.31. The van der Waals surface area contributed by atoms with E-state index >= 15 is 0 Å². The molecule has 18 heavy (non-hydrogen) atoms. The molecule has 1 aliphatic carbocycles. The van der Waals surface area contributed by atoms with Gasteiger partial charge in [0.05, 0.1) is 0 Å². The molecule has 1 saturated carbocycles. The second-order valence-electron chi connectivity index (χ2n) is 5.86. The third kappa shape index (κ3) is 3.35. The van der Waals surface area contributed by atoms with Crippen LogP contribution in [0.15, 0.2) is 18.2 Å². The van der Waals surface area contributed by atoms with Crippen molar-refractivity contribution in [2.24, 2.45) is 5.92 Å². The van der Waals surface area contributed by atoms with Gasteiger partial charge in [0.25, 0.3) is 0 Å². The van der Waals surface area contributed by atoms with Gasteiger partial charge in [-0.2, -0.15) is 0 Å². The van der Waals surface area contributed by atoms with E-state index in [2.05, 4.69) is 44.3 Å². The van der Waals surface area contributed by atoms with Gasteiger partial charge < -0.3 is 5.32 Å². The van der Waals surface area contributed by atoms with Crippen LogP contribution in [0.2, 0.25) is 0 Å². The van der Waals surface area contributed by atoms with Crippen molar-refractivity contribution in [3.63, 3.8) is 0 Å². The molecule has 1 atom stereocenters. The Balaban J connectivity index is 2.02. The number of hydrogen-bond donors (Lipinski definition) is 1. The van der Waals surface area contributed by atoms with Gasteiger partial charge in [-0.05, 0) is 55.8 Å². The van der Waals surface area contributed by atoms with Crippen LogP contribution in [-0.4, -0.2) is 12.6 Å². The maximum atomic E-state index is 3.68. The summed E-state index contributed by atoms with van der Waals surface area (Å²) in [5.74, 6) is 0.985. The Kier molecular flexibility index (Phi) is 4.82. The quantitative estimate of drug-likeness (QED) is 0.798. The first-order valence-electron chi connectivity index (χ1n) is 7.49. The molecular weight excluding hydrogens is 218 g/mol. The summed E-state index contributed by atoms with van der Waals surface area (Å²) in [6.07, 6.45) is 6.92. The standard InChI is InChI=1S/C17H27N/c1-4-18-16(11-15-9-6-10-15)12-17-13(2)7-5-8-14(17)3/h5,7-8,15-16,18H,4,6,9-12H2,1-3H3. The molecular formula is C17H27N. The molecule has 1 fully saturated rings. The average molecular weight is 245 g/mol. The van der Waals surface area contributed by atoms with E-state index in [4.69, 9.17) is 0 Å². The minimum absolute atomic E-state index is 0.667. The van der Waals surface area contributed by atoms with Gasteiger partial charge in [-0.3, -0.25) is 0 Å². The summed E-state index contributed by atoms with van der Waals surface area (Å²) in [4.78, 5) is 0. The van der Waals surface area contributed by atoms with Gasteiger partial charge in [-0.25, -0.2) is 0 Å². The Morgan fingerprint density at radius 2 is 1.89 bits per heavy atom. The molecule has 0 amide bonds. The molecule has 1 heteroatoms. The van der Waals surface area contributed by atoms with Gasteiger partial charge in [-0.15, -0.1) is 0 Å².